The number of hydrogen-bond acceptors (Lipinski definition) is 3. The lowest BCUT2D eigenvalue weighted by molar-refractivity contribution is 0.269. The molecule has 98 valence electrons. The Morgan fingerprint density at radius 3 is 2.76 bits per heavy atom. The maximum absolute atomic E-state index is 4.30. The number of imidazole rings is 1. The fourth-order valence-electron chi connectivity index (χ4n) is 1.67. The molecule has 17 heavy (non-hydrogen) atoms. The highest BCUT2D eigenvalue weighted by Gasteiger charge is 2.02. The summed E-state index contributed by atoms with van der Waals surface area (Å²) >= 11 is 0. The number of aryl methyl sites for hydroxylation is 1. The van der Waals surface area contributed by atoms with Crippen molar-refractivity contribution < 1.29 is 0 Å². The van der Waals surface area contributed by atoms with Crippen molar-refractivity contribution in [1.82, 2.24) is 19.8 Å². The van der Waals surface area contributed by atoms with Crippen LogP contribution in [0.25, 0.3) is 0 Å². The first-order valence-electron chi connectivity index (χ1n) is 6.48. The molecule has 0 atom stereocenters. The third-order valence-corrected chi connectivity index (χ3v) is 3.19. The van der Waals surface area contributed by atoms with E-state index < -0.39 is 0 Å². The molecule has 0 aromatic carbocycles. The highest BCUT2D eigenvalue weighted by molar-refractivity contribution is 4.91. The van der Waals surface area contributed by atoms with Crippen molar-refractivity contribution >= 4 is 0 Å². The Morgan fingerprint density at radius 1 is 1.41 bits per heavy atom. The van der Waals surface area contributed by atoms with Gasteiger partial charge in [0, 0.05) is 38.4 Å². The molecule has 0 aliphatic carbocycles. The van der Waals surface area contributed by atoms with E-state index in [1.54, 1.807) is 0 Å². The van der Waals surface area contributed by atoms with Gasteiger partial charge in [-0.3, -0.25) is 0 Å². The van der Waals surface area contributed by atoms with Crippen molar-refractivity contribution in [2.45, 2.75) is 32.7 Å². The van der Waals surface area contributed by atoms with E-state index in [9.17, 15) is 0 Å². The number of hydrogen-bond donors (Lipinski definition) is 1. The lowest BCUT2D eigenvalue weighted by atomic mass is 10.3. The monoisotopic (exact) mass is 238 g/mol. The Hall–Kier alpha value is -0.870. The number of rotatable bonds is 8. The molecule has 1 rings (SSSR count). The van der Waals surface area contributed by atoms with Crippen molar-refractivity contribution in [3.63, 3.8) is 0 Å². The van der Waals surface area contributed by atoms with Gasteiger partial charge in [0.05, 0.1) is 0 Å². The minimum atomic E-state index is 0.641. The van der Waals surface area contributed by atoms with Gasteiger partial charge in [-0.25, -0.2) is 4.98 Å². The van der Waals surface area contributed by atoms with Crippen molar-refractivity contribution in [1.29, 1.82) is 0 Å². The molecule has 1 N–H and O–H groups in total. The van der Waals surface area contributed by atoms with Crippen molar-refractivity contribution in [3.8, 4) is 0 Å². The molecule has 0 unspecified atom stereocenters. The van der Waals surface area contributed by atoms with E-state index >= 15 is 0 Å². The van der Waals surface area contributed by atoms with Crippen molar-refractivity contribution in [2.75, 3.05) is 26.7 Å². The molecule has 4 nitrogen and oxygen atoms in total. The van der Waals surface area contributed by atoms with Gasteiger partial charge in [0.1, 0.15) is 5.82 Å². The van der Waals surface area contributed by atoms with Crippen LogP contribution in [0.15, 0.2) is 12.4 Å². The third kappa shape index (κ3) is 5.33. The lowest BCUT2D eigenvalue weighted by Gasteiger charge is -2.20. The van der Waals surface area contributed by atoms with Crippen LogP contribution >= 0.6 is 0 Å². The summed E-state index contributed by atoms with van der Waals surface area (Å²) in [6, 6.07) is 0.641. The summed E-state index contributed by atoms with van der Waals surface area (Å²) < 4.78 is 2.08. The van der Waals surface area contributed by atoms with Gasteiger partial charge in [-0.15, -0.1) is 0 Å². The number of aromatic nitrogens is 2. The standard InChI is InChI=1S/C13H26N4/c1-12(2)16(3)10-5-7-14-8-6-13-15-9-11-17(13)4/h9,11-12,14H,5-8,10H2,1-4H3. The lowest BCUT2D eigenvalue weighted by Crippen LogP contribution is -2.30. The van der Waals surface area contributed by atoms with Crippen LogP contribution in [0.5, 0.6) is 0 Å². The van der Waals surface area contributed by atoms with Gasteiger partial charge in [-0.05, 0) is 40.4 Å². The molecule has 0 saturated carbocycles. The summed E-state index contributed by atoms with van der Waals surface area (Å²) in [4.78, 5) is 6.68. The molecule has 1 heterocycles. The second-order valence-corrected chi connectivity index (χ2v) is 4.88. The molecule has 0 amide bonds. The molecule has 0 saturated heterocycles. The maximum Gasteiger partial charge on any atom is 0.109 e. The van der Waals surface area contributed by atoms with E-state index in [2.05, 4.69) is 40.7 Å². The summed E-state index contributed by atoms with van der Waals surface area (Å²) in [5.74, 6) is 1.15. The zero-order chi connectivity index (χ0) is 12.7. The first-order chi connectivity index (χ1) is 8.11. The van der Waals surface area contributed by atoms with Crippen molar-refractivity contribution in [2.24, 2.45) is 7.05 Å². The van der Waals surface area contributed by atoms with Gasteiger partial charge < -0.3 is 14.8 Å². The molecule has 1 aromatic heterocycles. The van der Waals surface area contributed by atoms with Crippen LogP contribution in [-0.2, 0) is 13.5 Å². The Morgan fingerprint density at radius 2 is 2.18 bits per heavy atom. The third-order valence-electron chi connectivity index (χ3n) is 3.19. The number of nitrogens with one attached hydrogen (secondary N) is 1. The van der Waals surface area contributed by atoms with Gasteiger partial charge in [0.2, 0.25) is 0 Å². The summed E-state index contributed by atoms with van der Waals surface area (Å²) in [7, 11) is 4.22. The van der Waals surface area contributed by atoms with E-state index in [1.807, 2.05) is 19.4 Å². The van der Waals surface area contributed by atoms with Crippen molar-refractivity contribution in [3.05, 3.63) is 18.2 Å². The summed E-state index contributed by atoms with van der Waals surface area (Å²) in [6.07, 6.45) is 6.05. The van der Waals surface area contributed by atoms with Gasteiger partial charge in [0.25, 0.3) is 0 Å². The van der Waals surface area contributed by atoms with Crippen LogP contribution in [-0.4, -0.2) is 47.2 Å². The minimum absolute atomic E-state index is 0.641. The largest absolute Gasteiger partial charge is 0.338 e. The molecule has 0 radical (unpaired) electrons. The Kier molecular flexibility index (Phi) is 6.22. The van der Waals surface area contributed by atoms with Crippen LogP contribution in [0, 0.1) is 0 Å². The minimum Gasteiger partial charge on any atom is -0.338 e. The second kappa shape index (κ2) is 7.45. The topological polar surface area (TPSA) is 33.1 Å². The van der Waals surface area contributed by atoms with E-state index in [1.165, 1.54) is 6.42 Å². The molecule has 0 fully saturated rings. The highest BCUT2D eigenvalue weighted by atomic mass is 15.1. The smallest absolute Gasteiger partial charge is 0.109 e. The summed E-state index contributed by atoms with van der Waals surface area (Å²) in [6.45, 7) is 7.72. The summed E-state index contributed by atoms with van der Waals surface area (Å²) in [5.41, 5.74) is 0. The first kappa shape index (κ1) is 14.2. The fourth-order valence-corrected chi connectivity index (χ4v) is 1.67. The van der Waals surface area contributed by atoms with Crippen LogP contribution in [0.3, 0.4) is 0 Å². The first-order valence-corrected chi connectivity index (χ1v) is 6.48. The number of nitrogens with zero attached hydrogens (tertiary/aromatic N) is 3. The fraction of sp³-hybridized carbons (Fsp3) is 0.769. The van der Waals surface area contributed by atoms with Crippen LogP contribution < -0.4 is 5.32 Å². The Balaban J connectivity index is 2.00. The van der Waals surface area contributed by atoms with Crippen LogP contribution in [0.4, 0.5) is 0 Å². The Bertz CT molecular complexity index is 306. The zero-order valence-corrected chi connectivity index (χ0v) is 11.6. The molecular formula is C13H26N4. The molecule has 4 heteroatoms. The highest BCUT2D eigenvalue weighted by Crippen LogP contribution is 1.95. The molecule has 0 bridgehead atoms. The van der Waals surface area contributed by atoms with Gasteiger partial charge in [0.15, 0.2) is 0 Å². The predicted molar refractivity (Wildman–Crippen MR) is 72.2 cm³/mol. The molecule has 1 aromatic rings. The quantitative estimate of drug-likeness (QED) is 0.693. The average molecular weight is 238 g/mol. The van der Waals surface area contributed by atoms with Gasteiger partial charge in [-0.1, -0.05) is 0 Å². The van der Waals surface area contributed by atoms with Gasteiger partial charge >= 0.3 is 0 Å². The Labute approximate surface area is 105 Å². The average Bonchev–Trinajstić information content (AvgIpc) is 2.68. The SMILES string of the molecule is CC(C)N(C)CCCNCCc1nccn1C. The molecule has 0 aliphatic heterocycles. The zero-order valence-electron chi connectivity index (χ0n) is 11.6. The predicted octanol–water partition coefficient (Wildman–Crippen LogP) is 1.28. The van der Waals surface area contributed by atoms with Crippen LogP contribution in [0.2, 0.25) is 0 Å². The van der Waals surface area contributed by atoms with E-state index in [0.717, 1.165) is 31.9 Å². The summed E-state index contributed by atoms with van der Waals surface area (Å²) in [5, 5.41) is 3.47. The van der Waals surface area contributed by atoms with E-state index in [-0.39, 0.29) is 0 Å². The molecular weight excluding hydrogens is 212 g/mol. The normalized spacial score (nSPS) is 11.6. The second-order valence-electron chi connectivity index (χ2n) is 4.88. The van der Waals surface area contributed by atoms with Gasteiger partial charge in [-0.2, -0.15) is 0 Å². The maximum atomic E-state index is 4.30. The molecule has 0 spiro atoms. The molecule has 0 aliphatic rings. The van der Waals surface area contributed by atoms with Crippen LogP contribution in [0.1, 0.15) is 26.1 Å². The van der Waals surface area contributed by atoms with E-state index in [4.69, 9.17) is 0 Å². The van der Waals surface area contributed by atoms with E-state index in [0.29, 0.717) is 6.04 Å².